The number of amides is 2. The molecule has 0 spiro atoms. The molecule has 0 aromatic heterocycles. The SMILES string of the molecule is O=C(N/N=C/c1cccc2ccccc12)C1CC(=O)N(c2ccc(Cl)cc2)C1. The first-order chi connectivity index (χ1) is 13.6. The summed E-state index contributed by atoms with van der Waals surface area (Å²) in [6, 6.07) is 20.9. The zero-order valence-corrected chi connectivity index (χ0v) is 15.8. The van der Waals surface area contributed by atoms with Crippen LogP contribution in [0.2, 0.25) is 5.02 Å². The van der Waals surface area contributed by atoms with Gasteiger partial charge >= 0.3 is 0 Å². The number of carbonyl (C=O) groups excluding carboxylic acids is 2. The van der Waals surface area contributed by atoms with Gasteiger partial charge < -0.3 is 4.90 Å². The minimum atomic E-state index is -0.437. The maximum atomic E-state index is 12.5. The largest absolute Gasteiger partial charge is 0.312 e. The summed E-state index contributed by atoms with van der Waals surface area (Å²) in [5.41, 5.74) is 4.23. The van der Waals surface area contributed by atoms with E-state index in [1.807, 2.05) is 42.5 Å². The third-order valence-corrected chi connectivity index (χ3v) is 5.09. The second kappa shape index (κ2) is 7.82. The van der Waals surface area contributed by atoms with Gasteiger partial charge in [-0.3, -0.25) is 9.59 Å². The minimum absolute atomic E-state index is 0.0829. The van der Waals surface area contributed by atoms with Crippen molar-refractivity contribution in [2.24, 2.45) is 11.0 Å². The van der Waals surface area contributed by atoms with E-state index < -0.39 is 5.92 Å². The normalized spacial score (nSPS) is 16.8. The average molecular weight is 392 g/mol. The summed E-state index contributed by atoms with van der Waals surface area (Å²) >= 11 is 5.89. The summed E-state index contributed by atoms with van der Waals surface area (Å²) in [5, 5.41) is 6.87. The first kappa shape index (κ1) is 18.2. The van der Waals surface area contributed by atoms with Gasteiger partial charge in [-0.25, -0.2) is 5.43 Å². The zero-order chi connectivity index (χ0) is 19.5. The zero-order valence-electron chi connectivity index (χ0n) is 15.0. The summed E-state index contributed by atoms with van der Waals surface area (Å²) in [5.74, 6) is -0.783. The van der Waals surface area contributed by atoms with E-state index in [1.54, 1.807) is 35.4 Å². The van der Waals surface area contributed by atoms with Crippen LogP contribution in [0.25, 0.3) is 10.8 Å². The summed E-state index contributed by atoms with van der Waals surface area (Å²) < 4.78 is 0. The molecule has 0 bridgehead atoms. The van der Waals surface area contributed by atoms with E-state index in [4.69, 9.17) is 11.6 Å². The van der Waals surface area contributed by atoms with E-state index in [0.29, 0.717) is 11.6 Å². The van der Waals surface area contributed by atoms with E-state index in [2.05, 4.69) is 10.5 Å². The molecule has 1 atom stereocenters. The molecule has 0 aliphatic carbocycles. The number of nitrogens with one attached hydrogen (secondary N) is 1. The molecule has 1 fully saturated rings. The van der Waals surface area contributed by atoms with Crippen LogP contribution in [-0.4, -0.2) is 24.6 Å². The summed E-state index contributed by atoms with van der Waals surface area (Å²) in [4.78, 5) is 26.3. The van der Waals surface area contributed by atoms with Crippen molar-refractivity contribution in [3.8, 4) is 0 Å². The van der Waals surface area contributed by atoms with Crippen molar-refractivity contribution >= 4 is 46.1 Å². The number of fused-ring (bicyclic) bond motifs is 1. The Morgan fingerprint density at radius 2 is 1.82 bits per heavy atom. The van der Waals surface area contributed by atoms with Crippen molar-refractivity contribution in [3.63, 3.8) is 0 Å². The molecule has 28 heavy (non-hydrogen) atoms. The number of rotatable bonds is 4. The number of hydrazone groups is 1. The van der Waals surface area contributed by atoms with Gasteiger partial charge in [-0.2, -0.15) is 5.10 Å². The van der Waals surface area contributed by atoms with E-state index in [0.717, 1.165) is 22.0 Å². The van der Waals surface area contributed by atoms with Crippen LogP contribution in [0.15, 0.2) is 71.8 Å². The highest BCUT2D eigenvalue weighted by Crippen LogP contribution is 2.26. The smallest absolute Gasteiger partial charge is 0.245 e. The van der Waals surface area contributed by atoms with Gasteiger partial charge in [-0.1, -0.05) is 54.1 Å². The molecule has 1 unspecified atom stereocenters. The van der Waals surface area contributed by atoms with Crippen LogP contribution in [-0.2, 0) is 9.59 Å². The summed E-state index contributed by atoms with van der Waals surface area (Å²) in [7, 11) is 0. The van der Waals surface area contributed by atoms with Gasteiger partial charge in [0.05, 0.1) is 12.1 Å². The predicted octanol–water partition coefficient (Wildman–Crippen LogP) is 4.00. The molecule has 6 heteroatoms. The molecule has 0 saturated carbocycles. The van der Waals surface area contributed by atoms with E-state index in [9.17, 15) is 9.59 Å². The Bertz CT molecular complexity index is 1060. The van der Waals surface area contributed by atoms with E-state index >= 15 is 0 Å². The van der Waals surface area contributed by atoms with E-state index in [1.165, 1.54) is 0 Å². The van der Waals surface area contributed by atoms with Crippen molar-refractivity contribution in [2.75, 3.05) is 11.4 Å². The van der Waals surface area contributed by atoms with Crippen molar-refractivity contribution < 1.29 is 9.59 Å². The molecular weight excluding hydrogens is 374 g/mol. The lowest BCUT2D eigenvalue weighted by atomic mass is 10.1. The Hall–Kier alpha value is -3.18. The Balaban J connectivity index is 1.42. The second-order valence-electron chi connectivity index (χ2n) is 6.68. The molecule has 140 valence electrons. The molecule has 1 aliphatic rings. The molecule has 3 aromatic carbocycles. The third-order valence-electron chi connectivity index (χ3n) is 4.84. The Morgan fingerprint density at radius 1 is 1.07 bits per heavy atom. The Labute approximate surface area is 167 Å². The number of benzene rings is 3. The lowest BCUT2D eigenvalue weighted by Crippen LogP contribution is -2.30. The Morgan fingerprint density at radius 3 is 2.64 bits per heavy atom. The average Bonchev–Trinajstić information content (AvgIpc) is 3.10. The quantitative estimate of drug-likeness (QED) is 0.539. The topological polar surface area (TPSA) is 61.8 Å². The van der Waals surface area contributed by atoms with Gasteiger partial charge in [0.1, 0.15) is 0 Å². The fraction of sp³-hybridized carbons (Fsp3) is 0.136. The first-order valence-corrected chi connectivity index (χ1v) is 9.36. The maximum Gasteiger partial charge on any atom is 0.245 e. The molecule has 3 aromatic rings. The number of hydrogen-bond donors (Lipinski definition) is 1. The highest BCUT2D eigenvalue weighted by Gasteiger charge is 2.35. The standard InChI is InChI=1S/C22H18ClN3O2/c23-18-8-10-19(11-9-18)26-14-17(12-21(26)27)22(28)25-24-13-16-6-3-5-15-4-1-2-7-20(15)16/h1-11,13,17H,12,14H2,(H,25,28)/b24-13+. The van der Waals surface area contributed by atoms with Crippen molar-refractivity contribution in [1.82, 2.24) is 5.43 Å². The number of hydrogen-bond acceptors (Lipinski definition) is 3. The number of nitrogens with zero attached hydrogens (tertiary/aromatic N) is 2. The lowest BCUT2D eigenvalue weighted by Gasteiger charge is -2.16. The van der Waals surface area contributed by atoms with Gasteiger partial charge in [0.2, 0.25) is 11.8 Å². The fourth-order valence-corrected chi connectivity index (χ4v) is 3.50. The molecule has 0 radical (unpaired) electrons. The van der Waals surface area contributed by atoms with E-state index in [-0.39, 0.29) is 18.2 Å². The summed E-state index contributed by atoms with van der Waals surface area (Å²) in [6.07, 6.45) is 1.80. The highest BCUT2D eigenvalue weighted by atomic mass is 35.5. The van der Waals surface area contributed by atoms with Crippen molar-refractivity contribution in [2.45, 2.75) is 6.42 Å². The monoisotopic (exact) mass is 391 g/mol. The van der Waals surface area contributed by atoms with Crippen LogP contribution in [0.4, 0.5) is 5.69 Å². The van der Waals surface area contributed by atoms with Gasteiger partial charge in [0.25, 0.3) is 0 Å². The lowest BCUT2D eigenvalue weighted by molar-refractivity contribution is -0.126. The Kier molecular flexibility index (Phi) is 5.08. The molecule has 1 heterocycles. The maximum absolute atomic E-state index is 12.5. The fourth-order valence-electron chi connectivity index (χ4n) is 3.37. The number of anilines is 1. The summed E-state index contributed by atoms with van der Waals surface area (Å²) in [6.45, 7) is 0.329. The van der Waals surface area contributed by atoms with Gasteiger partial charge in [0, 0.05) is 29.2 Å². The van der Waals surface area contributed by atoms with Crippen LogP contribution in [0, 0.1) is 5.92 Å². The van der Waals surface area contributed by atoms with Gasteiger partial charge in [-0.15, -0.1) is 0 Å². The number of carbonyl (C=O) groups is 2. The molecular formula is C22H18ClN3O2. The van der Waals surface area contributed by atoms with Crippen molar-refractivity contribution in [3.05, 3.63) is 77.3 Å². The second-order valence-corrected chi connectivity index (χ2v) is 7.12. The number of halogens is 1. The van der Waals surface area contributed by atoms with Crippen LogP contribution >= 0.6 is 11.6 Å². The minimum Gasteiger partial charge on any atom is -0.312 e. The van der Waals surface area contributed by atoms with Gasteiger partial charge in [0.15, 0.2) is 0 Å². The molecule has 1 N–H and O–H groups in total. The molecule has 1 saturated heterocycles. The molecule has 4 rings (SSSR count). The molecule has 5 nitrogen and oxygen atoms in total. The predicted molar refractivity (Wildman–Crippen MR) is 112 cm³/mol. The highest BCUT2D eigenvalue weighted by molar-refractivity contribution is 6.30. The van der Waals surface area contributed by atoms with Gasteiger partial charge in [-0.05, 0) is 35.0 Å². The molecule has 2 amide bonds. The first-order valence-electron chi connectivity index (χ1n) is 8.98. The van der Waals surface area contributed by atoms with Crippen molar-refractivity contribution in [1.29, 1.82) is 0 Å². The van der Waals surface area contributed by atoms with Crippen LogP contribution in [0.5, 0.6) is 0 Å². The van der Waals surface area contributed by atoms with Crippen LogP contribution in [0.1, 0.15) is 12.0 Å². The third kappa shape index (κ3) is 3.75. The van der Waals surface area contributed by atoms with Crippen LogP contribution < -0.4 is 10.3 Å². The molecule has 1 aliphatic heterocycles. The van der Waals surface area contributed by atoms with Crippen LogP contribution in [0.3, 0.4) is 0 Å².